The molecule has 0 aliphatic carbocycles. The van der Waals surface area contributed by atoms with Crippen molar-refractivity contribution in [3.63, 3.8) is 0 Å². The van der Waals surface area contributed by atoms with Gasteiger partial charge in [0.25, 0.3) is 0 Å². The van der Waals surface area contributed by atoms with Crippen molar-refractivity contribution in [1.82, 2.24) is 29.7 Å². The Morgan fingerprint density at radius 2 is 1.91 bits per heavy atom. The lowest BCUT2D eigenvalue weighted by atomic mass is 10.2. The van der Waals surface area contributed by atoms with Crippen molar-refractivity contribution in [3.05, 3.63) is 71.3 Å². The van der Waals surface area contributed by atoms with Gasteiger partial charge in [0.15, 0.2) is 5.65 Å². The maximum atomic E-state index is 13.2. The monoisotopic (exact) mass is 449 g/mol. The van der Waals surface area contributed by atoms with Gasteiger partial charge in [-0.3, -0.25) is 4.79 Å². The molecule has 0 spiro atoms. The maximum Gasteiger partial charge on any atom is 0.323 e. The van der Waals surface area contributed by atoms with Gasteiger partial charge in [-0.05, 0) is 49.4 Å². The van der Waals surface area contributed by atoms with Crippen LogP contribution in [0.3, 0.4) is 0 Å². The summed E-state index contributed by atoms with van der Waals surface area (Å²) in [6.45, 7) is 1.77. The van der Waals surface area contributed by atoms with E-state index in [1.807, 2.05) is 0 Å². The van der Waals surface area contributed by atoms with Crippen LogP contribution in [0, 0.1) is 5.82 Å². The van der Waals surface area contributed by atoms with E-state index in [9.17, 15) is 14.0 Å². The highest BCUT2D eigenvalue weighted by atomic mass is 32.2. The number of thioether (sulfide) groups is 1. The summed E-state index contributed by atoms with van der Waals surface area (Å²) in [5, 5.41) is 8.03. The Labute approximate surface area is 184 Å². The van der Waals surface area contributed by atoms with Gasteiger partial charge in [-0.1, -0.05) is 11.8 Å². The zero-order valence-corrected chi connectivity index (χ0v) is 17.5. The number of nitrogens with one attached hydrogen (secondary N) is 3. The molecule has 5 rings (SSSR count). The molecule has 0 saturated carbocycles. The molecule has 1 atom stereocenters. The van der Waals surface area contributed by atoms with Gasteiger partial charge >= 0.3 is 5.69 Å². The number of aromatic nitrogens is 6. The topological polar surface area (TPSA) is 121 Å². The fourth-order valence-electron chi connectivity index (χ4n) is 3.26. The van der Waals surface area contributed by atoms with E-state index in [-0.39, 0.29) is 17.4 Å². The molecule has 0 fully saturated rings. The lowest BCUT2D eigenvalue weighted by Gasteiger charge is -2.12. The van der Waals surface area contributed by atoms with Gasteiger partial charge in [0.05, 0.1) is 33.6 Å². The first kappa shape index (κ1) is 19.9. The number of H-pyrrole nitrogens is 2. The smallest absolute Gasteiger partial charge is 0.323 e. The molecule has 0 bridgehead atoms. The van der Waals surface area contributed by atoms with E-state index in [0.29, 0.717) is 38.5 Å². The predicted molar refractivity (Wildman–Crippen MR) is 119 cm³/mol. The highest BCUT2D eigenvalue weighted by Crippen LogP contribution is 2.29. The van der Waals surface area contributed by atoms with Crippen LogP contribution in [-0.4, -0.2) is 40.9 Å². The first-order chi connectivity index (χ1) is 15.5. The number of benzene rings is 2. The number of carbonyl (C=O) groups is 1. The lowest BCUT2D eigenvalue weighted by Crippen LogP contribution is -2.22. The predicted octanol–water partition coefficient (Wildman–Crippen LogP) is 3.24. The van der Waals surface area contributed by atoms with Crippen LogP contribution in [0.15, 0.2) is 64.8 Å². The second-order valence-electron chi connectivity index (χ2n) is 7.04. The third-order valence-electron chi connectivity index (χ3n) is 4.84. The molecule has 3 N–H and O–H groups in total. The van der Waals surface area contributed by atoms with Gasteiger partial charge in [0.2, 0.25) is 5.91 Å². The van der Waals surface area contributed by atoms with Crippen molar-refractivity contribution in [2.75, 3.05) is 5.32 Å². The number of imidazole rings is 1. The van der Waals surface area contributed by atoms with E-state index in [2.05, 4.69) is 30.4 Å². The van der Waals surface area contributed by atoms with Crippen LogP contribution >= 0.6 is 11.8 Å². The van der Waals surface area contributed by atoms with Crippen molar-refractivity contribution in [3.8, 4) is 5.69 Å². The number of nitrogens with zero attached hydrogens (tertiary/aromatic N) is 4. The van der Waals surface area contributed by atoms with Gasteiger partial charge in [-0.2, -0.15) is 5.10 Å². The van der Waals surface area contributed by atoms with E-state index >= 15 is 0 Å². The lowest BCUT2D eigenvalue weighted by molar-refractivity contribution is -0.115. The molecule has 32 heavy (non-hydrogen) atoms. The molecule has 0 saturated heterocycles. The van der Waals surface area contributed by atoms with Gasteiger partial charge in [0, 0.05) is 5.69 Å². The van der Waals surface area contributed by atoms with Crippen LogP contribution in [0.25, 0.3) is 27.8 Å². The van der Waals surface area contributed by atoms with E-state index in [4.69, 9.17) is 0 Å². The fraction of sp³-hybridized carbons (Fsp3) is 0.0952. The van der Waals surface area contributed by atoms with Crippen molar-refractivity contribution in [1.29, 1.82) is 0 Å². The standard InChI is InChI=1S/C21H16FN7O2S/c1-11(19(30)26-13-4-7-16-17(8-13)28-21(31)27-16)32-20-15-9-25-29(18(15)23-10-24-20)14-5-2-12(22)3-6-14/h2-11H,1H3,(H,26,30)(H2,27,28,31). The molecule has 1 amide bonds. The number of halogens is 1. The summed E-state index contributed by atoms with van der Waals surface area (Å²) >= 11 is 1.28. The van der Waals surface area contributed by atoms with Gasteiger partial charge in [0.1, 0.15) is 17.2 Å². The van der Waals surface area contributed by atoms with Crippen LogP contribution < -0.4 is 11.0 Å². The summed E-state index contributed by atoms with van der Waals surface area (Å²) in [5.74, 6) is -0.553. The summed E-state index contributed by atoms with van der Waals surface area (Å²) in [4.78, 5) is 38.1. The molecule has 2 aromatic carbocycles. The fourth-order valence-corrected chi connectivity index (χ4v) is 4.14. The Morgan fingerprint density at radius 1 is 1.12 bits per heavy atom. The SMILES string of the molecule is CC(Sc1ncnc2c1cnn2-c1ccc(F)cc1)C(=O)Nc1ccc2[nH]c(=O)[nH]c2c1. The van der Waals surface area contributed by atoms with Crippen molar-refractivity contribution >= 4 is 45.4 Å². The molecule has 1 unspecified atom stereocenters. The zero-order valence-electron chi connectivity index (χ0n) is 16.7. The number of carbonyl (C=O) groups excluding carboxylic acids is 1. The Kier molecular flexibility index (Phi) is 4.94. The molecule has 5 aromatic rings. The van der Waals surface area contributed by atoms with Gasteiger partial charge in [-0.15, -0.1) is 0 Å². The number of aromatic amines is 2. The van der Waals surface area contributed by atoms with Crippen LogP contribution in [0.5, 0.6) is 0 Å². The third kappa shape index (κ3) is 3.73. The molecule has 0 radical (unpaired) electrons. The Bertz CT molecular complexity index is 1510. The Hall–Kier alpha value is -3.99. The van der Waals surface area contributed by atoms with Crippen LogP contribution in [-0.2, 0) is 4.79 Å². The summed E-state index contributed by atoms with van der Waals surface area (Å²) in [6, 6.07) is 11.1. The minimum absolute atomic E-state index is 0.218. The minimum atomic E-state index is -0.469. The minimum Gasteiger partial charge on any atom is -0.325 e. The third-order valence-corrected chi connectivity index (χ3v) is 5.96. The summed E-state index contributed by atoms with van der Waals surface area (Å²) in [7, 11) is 0. The molecule has 160 valence electrons. The van der Waals surface area contributed by atoms with E-state index < -0.39 is 5.25 Å². The number of anilines is 1. The van der Waals surface area contributed by atoms with Crippen LogP contribution in [0.2, 0.25) is 0 Å². The maximum absolute atomic E-state index is 13.2. The second kappa shape index (κ2) is 7.93. The van der Waals surface area contributed by atoms with Crippen molar-refractivity contribution < 1.29 is 9.18 Å². The molecular formula is C21H16FN7O2S. The number of hydrogen-bond acceptors (Lipinski definition) is 6. The first-order valence-electron chi connectivity index (χ1n) is 9.62. The first-order valence-corrected chi connectivity index (χ1v) is 10.5. The van der Waals surface area contributed by atoms with Gasteiger partial charge < -0.3 is 15.3 Å². The Morgan fingerprint density at radius 3 is 2.72 bits per heavy atom. The van der Waals surface area contributed by atoms with Crippen molar-refractivity contribution in [2.24, 2.45) is 0 Å². The average molecular weight is 449 g/mol. The van der Waals surface area contributed by atoms with Crippen LogP contribution in [0.1, 0.15) is 6.92 Å². The van der Waals surface area contributed by atoms with E-state index in [1.54, 1.807) is 48.1 Å². The highest BCUT2D eigenvalue weighted by molar-refractivity contribution is 8.00. The summed E-state index contributed by atoms with van der Waals surface area (Å²) in [6.07, 6.45) is 3.04. The number of hydrogen-bond donors (Lipinski definition) is 3. The molecule has 3 aromatic heterocycles. The van der Waals surface area contributed by atoms with E-state index in [1.165, 1.54) is 30.2 Å². The summed E-state index contributed by atoms with van der Waals surface area (Å²) in [5.41, 5.74) is 2.77. The molecular weight excluding hydrogens is 433 g/mol. The van der Waals surface area contributed by atoms with E-state index in [0.717, 1.165) is 0 Å². The molecule has 0 aliphatic heterocycles. The molecule has 11 heteroatoms. The Balaban J connectivity index is 1.36. The quantitative estimate of drug-likeness (QED) is 0.280. The second-order valence-corrected chi connectivity index (χ2v) is 8.37. The number of amides is 1. The molecule has 0 aliphatic rings. The molecule has 3 heterocycles. The number of rotatable bonds is 5. The average Bonchev–Trinajstić information content (AvgIpc) is 3.37. The summed E-state index contributed by atoms with van der Waals surface area (Å²) < 4.78 is 14.8. The normalized spacial score (nSPS) is 12.3. The molecule has 9 nitrogen and oxygen atoms in total. The highest BCUT2D eigenvalue weighted by Gasteiger charge is 2.19. The van der Waals surface area contributed by atoms with Crippen LogP contribution in [0.4, 0.5) is 10.1 Å². The number of fused-ring (bicyclic) bond motifs is 2. The largest absolute Gasteiger partial charge is 0.325 e. The van der Waals surface area contributed by atoms with Crippen molar-refractivity contribution in [2.45, 2.75) is 17.2 Å². The van der Waals surface area contributed by atoms with Gasteiger partial charge in [-0.25, -0.2) is 23.8 Å². The zero-order chi connectivity index (χ0) is 22.2.